The molecule has 1 aliphatic heterocycles. The molecule has 110 valence electrons. The highest BCUT2D eigenvalue weighted by Gasteiger charge is 2.48. The molecule has 0 bridgehead atoms. The molecule has 3 rings (SSSR count). The minimum Gasteiger partial charge on any atom is -0.375 e. The lowest BCUT2D eigenvalue weighted by Gasteiger charge is -2.51. The van der Waals surface area contributed by atoms with Gasteiger partial charge in [-0.25, -0.2) is 4.39 Å². The zero-order valence-corrected chi connectivity index (χ0v) is 12.1. The highest BCUT2D eigenvalue weighted by Crippen LogP contribution is 2.48. The van der Waals surface area contributed by atoms with Crippen molar-refractivity contribution >= 4 is 0 Å². The summed E-state index contributed by atoms with van der Waals surface area (Å²) in [5.74, 6) is 0.0501. The van der Waals surface area contributed by atoms with Crippen LogP contribution in [0.4, 0.5) is 4.39 Å². The van der Waals surface area contributed by atoms with Crippen LogP contribution in [0.5, 0.6) is 0 Å². The van der Waals surface area contributed by atoms with E-state index < -0.39 is 5.54 Å². The number of nitrogens with zero attached hydrogens (tertiary/aromatic N) is 1. The van der Waals surface area contributed by atoms with Crippen LogP contribution in [0.15, 0.2) is 18.3 Å². The smallest absolute Gasteiger partial charge is 0.141 e. The molecule has 0 radical (unpaired) electrons. The number of hydrogen-bond donors (Lipinski definition) is 1. The Hall–Kier alpha value is -1.00. The van der Waals surface area contributed by atoms with Crippen LogP contribution in [0.3, 0.4) is 0 Å². The molecule has 2 aliphatic rings. The lowest BCUT2D eigenvalue weighted by molar-refractivity contribution is -0.153. The van der Waals surface area contributed by atoms with Gasteiger partial charge >= 0.3 is 0 Å². The first-order chi connectivity index (χ1) is 9.58. The standard InChI is InChI=1S/C16H23FN2O/c1-2-16(18,14-5-4-13(17)11-19-14)12-6-9-20-15(10-12)7-3-8-15/h4-5,11-12H,2-3,6-10,18H2,1H3. The van der Waals surface area contributed by atoms with Crippen molar-refractivity contribution in [2.24, 2.45) is 11.7 Å². The largest absolute Gasteiger partial charge is 0.375 e. The van der Waals surface area contributed by atoms with Crippen molar-refractivity contribution in [3.05, 3.63) is 29.8 Å². The number of rotatable bonds is 3. The van der Waals surface area contributed by atoms with Gasteiger partial charge in [-0.05, 0) is 56.6 Å². The Bertz CT molecular complexity index is 472. The summed E-state index contributed by atoms with van der Waals surface area (Å²) in [6.45, 7) is 2.87. The third kappa shape index (κ3) is 2.25. The van der Waals surface area contributed by atoms with Crippen LogP contribution >= 0.6 is 0 Å². The molecule has 3 nitrogen and oxygen atoms in total. The van der Waals surface area contributed by atoms with E-state index in [1.54, 1.807) is 6.07 Å². The molecule has 2 unspecified atom stereocenters. The van der Waals surface area contributed by atoms with Crippen LogP contribution in [-0.2, 0) is 10.3 Å². The summed E-state index contributed by atoms with van der Waals surface area (Å²) in [5.41, 5.74) is 7.11. The van der Waals surface area contributed by atoms with Crippen LogP contribution in [0.2, 0.25) is 0 Å². The fraction of sp³-hybridized carbons (Fsp3) is 0.688. The first-order valence-corrected chi connectivity index (χ1v) is 7.63. The molecule has 2 atom stereocenters. The van der Waals surface area contributed by atoms with E-state index in [-0.39, 0.29) is 11.4 Å². The van der Waals surface area contributed by atoms with Gasteiger partial charge in [0.1, 0.15) is 5.82 Å². The molecule has 1 aromatic rings. The minimum atomic E-state index is -0.472. The molecule has 1 spiro atoms. The van der Waals surface area contributed by atoms with Gasteiger partial charge in [0.25, 0.3) is 0 Å². The molecule has 20 heavy (non-hydrogen) atoms. The maximum absolute atomic E-state index is 13.1. The normalized spacial score (nSPS) is 27.9. The van der Waals surface area contributed by atoms with Crippen molar-refractivity contribution in [3.8, 4) is 0 Å². The van der Waals surface area contributed by atoms with Crippen molar-refractivity contribution in [1.29, 1.82) is 0 Å². The van der Waals surface area contributed by atoms with Gasteiger partial charge in [-0.3, -0.25) is 4.98 Å². The van der Waals surface area contributed by atoms with E-state index in [1.807, 2.05) is 0 Å². The highest BCUT2D eigenvalue weighted by atomic mass is 19.1. The molecule has 1 saturated carbocycles. The number of halogens is 1. The summed E-state index contributed by atoms with van der Waals surface area (Å²) >= 11 is 0. The molecular formula is C16H23FN2O. The van der Waals surface area contributed by atoms with E-state index in [1.165, 1.54) is 18.7 Å². The third-order valence-corrected chi connectivity index (χ3v) is 5.28. The van der Waals surface area contributed by atoms with Crippen LogP contribution in [0.1, 0.15) is 51.1 Å². The number of hydrogen-bond acceptors (Lipinski definition) is 3. The molecule has 2 N–H and O–H groups in total. The maximum Gasteiger partial charge on any atom is 0.141 e. The average Bonchev–Trinajstić information content (AvgIpc) is 2.45. The summed E-state index contributed by atoms with van der Waals surface area (Å²) in [4.78, 5) is 4.25. The van der Waals surface area contributed by atoms with Gasteiger partial charge in [0.15, 0.2) is 0 Å². The van der Waals surface area contributed by atoms with E-state index in [4.69, 9.17) is 10.5 Å². The summed E-state index contributed by atoms with van der Waals surface area (Å²) in [5, 5.41) is 0. The van der Waals surface area contributed by atoms with E-state index in [0.29, 0.717) is 5.92 Å². The van der Waals surface area contributed by atoms with E-state index in [9.17, 15) is 4.39 Å². The Morgan fingerprint density at radius 2 is 2.30 bits per heavy atom. The van der Waals surface area contributed by atoms with Crippen LogP contribution in [-0.4, -0.2) is 17.2 Å². The zero-order valence-electron chi connectivity index (χ0n) is 12.1. The SMILES string of the molecule is CCC(N)(c1ccc(F)cn1)C1CCOC2(CCC2)C1. The van der Waals surface area contributed by atoms with Crippen molar-refractivity contribution in [2.45, 2.75) is 56.6 Å². The summed E-state index contributed by atoms with van der Waals surface area (Å²) in [6, 6.07) is 3.19. The third-order valence-electron chi connectivity index (χ3n) is 5.28. The molecule has 4 heteroatoms. The number of aromatic nitrogens is 1. The Balaban J connectivity index is 1.85. The average molecular weight is 278 g/mol. The van der Waals surface area contributed by atoms with E-state index in [2.05, 4.69) is 11.9 Å². The second-order valence-corrected chi connectivity index (χ2v) is 6.33. The monoisotopic (exact) mass is 278 g/mol. The number of pyridine rings is 1. The van der Waals surface area contributed by atoms with E-state index in [0.717, 1.165) is 44.4 Å². The van der Waals surface area contributed by atoms with Gasteiger partial charge in [-0.15, -0.1) is 0 Å². The van der Waals surface area contributed by atoms with Gasteiger partial charge in [-0.1, -0.05) is 6.92 Å². The molecular weight excluding hydrogens is 255 g/mol. The molecule has 2 heterocycles. The Morgan fingerprint density at radius 3 is 2.85 bits per heavy atom. The second kappa shape index (κ2) is 5.08. The van der Waals surface area contributed by atoms with Gasteiger partial charge in [0, 0.05) is 6.61 Å². The van der Waals surface area contributed by atoms with Gasteiger partial charge in [-0.2, -0.15) is 0 Å². The second-order valence-electron chi connectivity index (χ2n) is 6.33. The lowest BCUT2D eigenvalue weighted by Crippen LogP contribution is -2.54. The molecule has 0 amide bonds. The first kappa shape index (κ1) is 14.0. The Kier molecular flexibility index (Phi) is 3.55. The van der Waals surface area contributed by atoms with Crippen LogP contribution in [0.25, 0.3) is 0 Å². The predicted molar refractivity (Wildman–Crippen MR) is 75.6 cm³/mol. The van der Waals surface area contributed by atoms with Crippen LogP contribution < -0.4 is 5.73 Å². The molecule has 1 aromatic heterocycles. The Labute approximate surface area is 119 Å². The van der Waals surface area contributed by atoms with Gasteiger partial charge in [0.05, 0.1) is 23.0 Å². The summed E-state index contributed by atoms with van der Waals surface area (Å²) in [7, 11) is 0. The van der Waals surface area contributed by atoms with Crippen molar-refractivity contribution in [2.75, 3.05) is 6.61 Å². The lowest BCUT2D eigenvalue weighted by atomic mass is 9.65. The highest BCUT2D eigenvalue weighted by molar-refractivity contribution is 5.18. The first-order valence-electron chi connectivity index (χ1n) is 7.63. The molecule has 0 aromatic carbocycles. The number of ether oxygens (including phenoxy) is 1. The van der Waals surface area contributed by atoms with Crippen LogP contribution in [0, 0.1) is 11.7 Å². The Morgan fingerprint density at radius 1 is 1.50 bits per heavy atom. The fourth-order valence-corrected chi connectivity index (χ4v) is 3.72. The molecule has 1 saturated heterocycles. The minimum absolute atomic E-state index is 0.0722. The topological polar surface area (TPSA) is 48.1 Å². The summed E-state index contributed by atoms with van der Waals surface area (Å²) in [6.07, 6.45) is 7.62. The van der Waals surface area contributed by atoms with Crippen molar-refractivity contribution in [1.82, 2.24) is 4.98 Å². The van der Waals surface area contributed by atoms with Gasteiger partial charge in [0.2, 0.25) is 0 Å². The number of nitrogens with two attached hydrogens (primary N) is 1. The quantitative estimate of drug-likeness (QED) is 0.924. The molecule has 2 fully saturated rings. The fourth-order valence-electron chi connectivity index (χ4n) is 3.72. The van der Waals surface area contributed by atoms with Crippen molar-refractivity contribution in [3.63, 3.8) is 0 Å². The van der Waals surface area contributed by atoms with Gasteiger partial charge < -0.3 is 10.5 Å². The summed E-state index contributed by atoms with van der Waals surface area (Å²) < 4.78 is 19.1. The maximum atomic E-state index is 13.1. The predicted octanol–water partition coefficient (Wildman–Crippen LogP) is 3.13. The van der Waals surface area contributed by atoms with E-state index >= 15 is 0 Å². The molecule has 1 aliphatic carbocycles. The van der Waals surface area contributed by atoms with Crippen molar-refractivity contribution < 1.29 is 9.13 Å². The zero-order chi connectivity index (χ0) is 14.2.